The van der Waals surface area contributed by atoms with Crippen LogP contribution in [0.4, 0.5) is 30.6 Å². The van der Waals surface area contributed by atoms with E-state index in [0.717, 1.165) is 29.0 Å². The summed E-state index contributed by atoms with van der Waals surface area (Å²) in [5, 5.41) is 13.9. The van der Waals surface area contributed by atoms with Gasteiger partial charge in [-0.25, -0.2) is 4.98 Å². The number of pyridine rings is 1. The Labute approximate surface area is 226 Å². The van der Waals surface area contributed by atoms with Gasteiger partial charge in [0.25, 0.3) is 11.8 Å². The third-order valence-electron chi connectivity index (χ3n) is 6.63. The van der Waals surface area contributed by atoms with Crippen molar-refractivity contribution in [3.63, 3.8) is 0 Å². The minimum atomic E-state index is -4.57. The topological polar surface area (TPSA) is 105 Å². The molecule has 204 valence electrons. The maximum atomic E-state index is 13.5. The number of hydrogen-bond donors (Lipinski definition) is 2. The number of benzene rings is 2. The molecule has 2 aromatic carbocycles. The quantitative estimate of drug-likeness (QED) is 0.365. The Morgan fingerprint density at radius 2 is 1.75 bits per heavy atom. The van der Waals surface area contributed by atoms with Crippen molar-refractivity contribution in [3.8, 4) is 11.6 Å². The van der Waals surface area contributed by atoms with Crippen molar-refractivity contribution in [3.05, 3.63) is 89.6 Å². The predicted octanol–water partition coefficient (Wildman–Crippen LogP) is 4.85. The molecule has 1 atom stereocenters. The van der Waals surface area contributed by atoms with Crippen molar-refractivity contribution < 1.29 is 27.1 Å². The number of nitrogens with one attached hydrogen (secondary N) is 2. The molecule has 1 saturated heterocycles. The summed E-state index contributed by atoms with van der Waals surface area (Å²) >= 11 is 0. The first-order valence-corrected chi connectivity index (χ1v) is 12.5. The predicted molar refractivity (Wildman–Crippen MR) is 142 cm³/mol. The fraction of sp³-hybridized carbons (Fsp3) is 0.214. The summed E-state index contributed by atoms with van der Waals surface area (Å²) in [4.78, 5) is 19.0. The highest BCUT2D eigenvalue weighted by Crippen LogP contribution is 2.37. The Morgan fingerprint density at radius 3 is 2.52 bits per heavy atom. The van der Waals surface area contributed by atoms with Crippen molar-refractivity contribution in [1.82, 2.24) is 15.2 Å². The zero-order valence-corrected chi connectivity index (χ0v) is 21.0. The molecule has 1 amide bonds. The van der Waals surface area contributed by atoms with Gasteiger partial charge in [-0.05, 0) is 29.3 Å². The lowest BCUT2D eigenvalue weighted by atomic mass is 9.96. The number of fused-ring (bicyclic) bond motifs is 1. The standard InChI is InChI=1S/C28H23F3N6O3/c29-28(30,31)18-14-23(37-10-12-39-13-11-37)24(32-16-18)26-35-36-27(40-26)34-22-15-20(17-6-2-1-3-7-17)19-8-4-5-9-21(19)33-25(22)38/h1-9,14-16,22H,10-13H2,(H,33,38)(H,34,36)/t22-/m0/s1. The highest BCUT2D eigenvalue weighted by atomic mass is 19.4. The lowest BCUT2D eigenvalue weighted by molar-refractivity contribution is -0.137. The molecule has 0 unspecified atom stereocenters. The van der Waals surface area contributed by atoms with Gasteiger partial charge in [-0.3, -0.25) is 4.79 Å². The van der Waals surface area contributed by atoms with Gasteiger partial charge in [-0.1, -0.05) is 53.6 Å². The van der Waals surface area contributed by atoms with E-state index in [1.54, 1.807) is 11.0 Å². The minimum Gasteiger partial charge on any atom is -0.402 e. The molecule has 0 aliphatic carbocycles. The van der Waals surface area contributed by atoms with Crippen LogP contribution in [0.1, 0.15) is 16.7 Å². The van der Waals surface area contributed by atoms with Crippen molar-refractivity contribution in [2.75, 3.05) is 41.8 Å². The number of amides is 1. The van der Waals surface area contributed by atoms with E-state index >= 15 is 0 Å². The van der Waals surface area contributed by atoms with E-state index in [2.05, 4.69) is 25.8 Å². The van der Waals surface area contributed by atoms with Gasteiger partial charge in [0.1, 0.15) is 6.04 Å². The van der Waals surface area contributed by atoms with Crippen molar-refractivity contribution in [1.29, 1.82) is 0 Å². The number of carbonyl (C=O) groups excluding carboxylic acids is 1. The molecular formula is C28H23F3N6O3. The number of hydrogen-bond acceptors (Lipinski definition) is 8. The average Bonchev–Trinajstić information content (AvgIpc) is 3.38. The van der Waals surface area contributed by atoms with E-state index in [-0.39, 0.29) is 29.2 Å². The summed E-state index contributed by atoms with van der Waals surface area (Å²) < 4.78 is 51.5. The number of nitrogens with zero attached hydrogens (tertiary/aromatic N) is 4. The van der Waals surface area contributed by atoms with Gasteiger partial charge in [0.2, 0.25) is 0 Å². The maximum Gasteiger partial charge on any atom is 0.417 e. The minimum absolute atomic E-state index is 0.0812. The van der Waals surface area contributed by atoms with Crippen LogP contribution in [0.25, 0.3) is 17.2 Å². The first kappa shape index (κ1) is 25.6. The molecule has 0 spiro atoms. The zero-order chi connectivity index (χ0) is 27.7. The Hall–Kier alpha value is -4.71. The Bertz CT molecular complexity index is 1570. The number of carbonyl (C=O) groups is 1. The lowest BCUT2D eigenvalue weighted by Crippen LogP contribution is -2.36. The van der Waals surface area contributed by atoms with Gasteiger partial charge >= 0.3 is 12.2 Å². The second kappa shape index (κ2) is 10.5. The van der Waals surface area contributed by atoms with E-state index < -0.39 is 17.8 Å². The third kappa shape index (κ3) is 5.13. The molecule has 2 aromatic heterocycles. The summed E-state index contributed by atoms with van der Waals surface area (Å²) in [6.45, 7) is 1.49. The normalized spacial score (nSPS) is 17.5. The maximum absolute atomic E-state index is 13.5. The second-order valence-electron chi connectivity index (χ2n) is 9.20. The van der Waals surface area contributed by atoms with Crippen LogP contribution in [0.5, 0.6) is 0 Å². The highest BCUT2D eigenvalue weighted by molar-refractivity contribution is 6.05. The summed E-state index contributed by atoms with van der Waals surface area (Å²) in [5.74, 6) is -0.429. The first-order valence-electron chi connectivity index (χ1n) is 12.5. The van der Waals surface area contributed by atoms with Crippen LogP contribution in [-0.2, 0) is 15.7 Å². The van der Waals surface area contributed by atoms with E-state index in [9.17, 15) is 18.0 Å². The van der Waals surface area contributed by atoms with Gasteiger partial charge in [0.15, 0.2) is 5.69 Å². The van der Waals surface area contributed by atoms with E-state index in [0.29, 0.717) is 32.0 Å². The SMILES string of the molecule is O=C1Nc2ccccc2C(c2ccccc2)=C[C@@H]1Nc1nnc(-c2ncc(C(F)(F)F)cc2N2CCOCC2)o1. The number of ether oxygens (including phenoxy) is 1. The van der Waals surface area contributed by atoms with E-state index in [1.165, 1.54) is 0 Å². The smallest absolute Gasteiger partial charge is 0.402 e. The van der Waals surface area contributed by atoms with Crippen molar-refractivity contribution in [2.45, 2.75) is 12.2 Å². The molecular weight excluding hydrogens is 525 g/mol. The Morgan fingerprint density at radius 1 is 1.00 bits per heavy atom. The molecule has 0 saturated carbocycles. The third-order valence-corrected chi connectivity index (χ3v) is 6.63. The molecule has 4 heterocycles. The van der Waals surface area contributed by atoms with Crippen LogP contribution in [0.3, 0.4) is 0 Å². The molecule has 0 radical (unpaired) electrons. The van der Waals surface area contributed by atoms with Crippen LogP contribution in [0.2, 0.25) is 0 Å². The van der Waals surface area contributed by atoms with Crippen LogP contribution in [0, 0.1) is 0 Å². The molecule has 0 bridgehead atoms. The van der Waals surface area contributed by atoms with Gasteiger partial charge in [0, 0.05) is 30.5 Å². The average molecular weight is 549 g/mol. The zero-order valence-electron chi connectivity index (χ0n) is 21.0. The summed E-state index contributed by atoms with van der Waals surface area (Å²) in [6.07, 6.45) is -2.06. The molecule has 6 rings (SSSR count). The van der Waals surface area contributed by atoms with Crippen molar-refractivity contribution in [2.24, 2.45) is 0 Å². The van der Waals surface area contributed by atoms with Crippen molar-refractivity contribution >= 4 is 28.9 Å². The Kier molecular flexibility index (Phi) is 6.68. The fourth-order valence-corrected chi connectivity index (χ4v) is 4.67. The molecule has 12 heteroatoms. The number of anilines is 3. The first-order chi connectivity index (χ1) is 19.4. The number of halogens is 3. The highest BCUT2D eigenvalue weighted by Gasteiger charge is 2.34. The molecule has 2 aliphatic rings. The monoisotopic (exact) mass is 548 g/mol. The number of rotatable bonds is 5. The molecule has 1 fully saturated rings. The van der Waals surface area contributed by atoms with E-state index in [4.69, 9.17) is 9.15 Å². The largest absolute Gasteiger partial charge is 0.417 e. The number of alkyl halides is 3. The van der Waals surface area contributed by atoms with Gasteiger partial charge < -0.3 is 24.7 Å². The van der Waals surface area contributed by atoms with Gasteiger partial charge in [0.05, 0.1) is 24.5 Å². The van der Waals surface area contributed by atoms with Crippen LogP contribution < -0.4 is 15.5 Å². The molecule has 40 heavy (non-hydrogen) atoms. The molecule has 2 N–H and O–H groups in total. The molecule has 9 nitrogen and oxygen atoms in total. The molecule has 2 aliphatic heterocycles. The molecule has 4 aromatic rings. The summed E-state index contributed by atoms with van der Waals surface area (Å²) in [7, 11) is 0. The van der Waals surface area contributed by atoms with Crippen LogP contribution in [-0.4, -0.2) is 53.4 Å². The number of morpholine rings is 1. The van der Waals surface area contributed by atoms with Gasteiger partial charge in [-0.2, -0.15) is 13.2 Å². The summed E-state index contributed by atoms with van der Waals surface area (Å²) in [6, 6.07) is 17.1. The van der Waals surface area contributed by atoms with Gasteiger partial charge in [-0.15, -0.1) is 5.10 Å². The second-order valence-corrected chi connectivity index (χ2v) is 9.20. The number of aromatic nitrogens is 3. The lowest BCUT2D eigenvalue weighted by Gasteiger charge is -2.30. The fourth-order valence-electron chi connectivity index (χ4n) is 4.67. The summed E-state index contributed by atoms with van der Waals surface area (Å²) in [5.41, 5.74) is 2.67. The van der Waals surface area contributed by atoms with Crippen LogP contribution >= 0.6 is 0 Å². The Balaban J connectivity index is 1.34. The number of para-hydroxylation sites is 1. The van der Waals surface area contributed by atoms with E-state index in [1.807, 2.05) is 54.6 Å². The van der Waals surface area contributed by atoms with Crippen LogP contribution in [0.15, 0.2) is 77.4 Å².